The fourth-order valence-electron chi connectivity index (χ4n) is 2.94. The van der Waals surface area contributed by atoms with E-state index in [2.05, 4.69) is 10.6 Å². The number of halogens is 1. The molecule has 0 aromatic heterocycles. The monoisotopic (exact) mass is 371 g/mol. The van der Waals surface area contributed by atoms with E-state index in [4.69, 9.17) is 4.74 Å². The van der Waals surface area contributed by atoms with Crippen LogP contribution in [0.2, 0.25) is 0 Å². The minimum Gasteiger partial charge on any atom is -0.381 e. The zero-order valence-electron chi connectivity index (χ0n) is 15.1. The molecular formula is C20H22FN3O3. The number of hydrogen-bond acceptors (Lipinski definition) is 3. The molecule has 1 aliphatic rings. The van der Waals surface area contributed by atoms with E-state index in [0.29, 0.717) is 24.6 Å². The molecule has 6 nitrogen and oxygen atoms in total. The molecule has 0 spiro atoms. The Kier molecular flexibility index (Phi) is 6.03. The summed E-state index contributed by atoms with van der Waals surface area (Å²) in [7, 11) is 1.75. The van der Waals surface area contributed by atoms with Gasteiger partial charge in [-0.15, -0.1) is 0 Å². The molecule has 0 saturated carbocycles. The van der Waals surface area contributed by atoms with E-state index < -0.39 is 6.03 Å². The molecule has 1 fully saturated rings. The first-order chi connectivity index (χ1) is 13.0. The Labute approximate surface area is 157 Å². The second-order valence-corrected chi connectivity index (χ2v) is 6.42. The largest absolute Gasteiger partial charge is 0.381 e. The summed E-state index contributed by atoms with van der Waals surface area (Å²) in [5, 5.41) is 5.32. The van der Waals surface area contributed by atoms with Crippen LogP contribution in [0.4, 0.5) is 26.2 Å². The maximum absolute atomic E-state index is 12.9. The van der Waals surface area contributed by atoms with Gasteiger partial charge in [0.2, 0.25) is 5.91 Å². The number of rotatable bonds is 4. The van der Waals surface area contributed by atoms with Crippen LogP contribution < -0.4 is 15.5 Å². The summed E-state index contributed by atoms with van der Waals surface area (Å²) in [6, 6.07) is 12.1. The maximum Gasteiger partial charge on any atom is 0.323 e. The number of amides is 3. The van der Waals surface area contributed by atoms with Crippen LogP contribution in [-0.2, 0) is 9.53 Å². The molecular weight excluding hydrogens is 349 g/mol. The highest BCUT2D eigenvalue weighted by atomic mass is 19.1. The van der Waals surface area contributed by atoms with Crippen LogP contribution in [-0.4, -0.2) is 32.2 Å². The number of anilines is 3. The molecule has 2 N–H and O–H groups in total. The van der Waals surface area contributed by atoms with Crippen LogP contribution in [0, 0.1) is 11.7 Å². The number of carbonyl (C=O) groups excluding carboxylic acids is 2. The van der Waals surface area contributed by atoms with Gasteiger partial charge in [0.15, 0.2) is 0 Å². The first kappa shape index (κ1) is 18.8. The minimum absolute atomic E-state index is 0.0111. The van der Waals surface area contributed by atoms with Gasteiger partial charge >= 0.3 is 6.03 Å². The molecule has 7 heteroatoms. The molecule has 0 atom stereocenters. The summed E-state index contributed by atoms with van der Waals surface area (Å²) in [5.74, 6) is -0.299. The molecule has 0 radical (unpaired) electrons. The molecule has 1 aliphatic heterocycles. The third-order valence-electron chi connectivity index (χ3n) is 4.52. The average molecular weight is 371 g/mol. The lowest BCUT2D eigenvalue weighted by atomic mass is 9.98. The minimum atomic E-state index is -0.430. The van der Waals surface area contributed by atoms with E-state index in [0.717, 1.165) is 18.5 Å². The topological polar surface area (TPSA) is 70.7 Å². The molecule has 1 heterocycles. The first-order valence-corrected chi connectivity index (χ1v) is 8.82. The quantitative estimate of drug-likeness (QED) is 0.857. The van der Waals surface area contributed by atoms with Crippen molar-refractivity contribution in [1.29, 1.82) is 0 Å². The molecule has 27 heavy (non-hydrogen) atoms. The van der Waals surface area contributed by atoms with Gasteiger partial charge in [-0.3, -0.25) is 4.79 Å². The number of hydrogen-bond donors (Lipinski definition) is 2. The number of nitrogens with zero attached hydrogens (tertiary/aromatic N) is 1. The van der Waals surface area contributed by atoms with Crippen molar-refractivity contribution in [3.8, 4) is 0 Å². The maximum atomic E-state index is 12.9. The van der Waals surface area contributed by atoms with Crippen molar-refractivity contribution >= 4 is 29.0 Å². The van der Waals surface area contributed by atoms with Crippen molar-refractivity contribution in [3.05, 3.63) is 54.3 Å². The van der Waals surface area contributed by atoms with Crippen LogP contribution in [0.25, 0.3) is 0 Å². The van der Waals surface area contributed by atoms with Gasteiger partial charge in [0, 0.05) is 43.2 Å². The van der Waals surface area contributed by atoms with Crippen molar-refractivity contribution in [2.75, 3.05) is 35.8 Å². The first-order valence-electron chi connectivity index (χ1n) is 8.82. The fraction of sp³-hybridized carbons (Fsp3) is 0.300. The van der Waals surface area contributed by atoms with Gasteiger partial charge in [-0.05, 0) is 61.4 Å². The Bertz CT molecular complexity index is 787. The Balaban J connectivity index is 1.56. The van der Waals surface area contributed by atoms with Crippen molar-refractivity contribution in [2.45, 2.75) is 12.8 Å². The van der Waals surface area contributed by atoms with Gasteiger partial charge < -0.3 is 20.3 Å². The summed E-state index contributed by atoms with van der Waals surface area (Å²) in [6.45, 7) is 1.24. The summed E-state index contributed by atoms with van der Waals surface area (Å²) in [4.78, 5) is 26.2. The fourth-order valence-corrected chi connectivity index (χ4v) is 2.94. The lowest BCUT2D eigenvalue weighted by molar-refractivity contribution is -0.124. The molecule has 2 aromatic rings. The van der Waals surface area contributed by atoms with E-state index in [-0.39, 0.29) is 17.6 Å². The summed E-state index contributed by atoms with van der Waals surface area (Å²) in [5.41, 5.74) is 1.84. The van der Waals surface area contributed by atoms with Gasteiger partial charge in [-0.25, -0.2) is 9.18 Å². The molecule has 3 amide bonds. The third-order valence-corrected chi connectivity index (χ3v) is 4.52. The summed E-state index contributed by atoms with van der Waals surface area (Å²) in [6.07, 6.45) is 1.48. The van der Waals surface area contributed by atoms with E-state index in [1.165, 1.54) is 24.3 Å². The van der Waals surface area contributed by atoms with E-state index in [1.807, 2.05) is 0 Å². The Morgan fingerprint density at radius 3 is 2.04 bits per heavy atom. The molecule has 3 rings (SSSR count). The highest BCUT2D eigenvalue weighted by Gasteiger charge is 2.25. The summed E-state index contributed by atoms with van der Waals surface area (Å²) < 4.78 is 18.2. The zero-order valence-corrected chi connectivity index (χ0v) is 15.1. The zero-order chi connectivity index (χ0) is 19.2. The van der Waals surface area contributed by atoms with Crippen molar-refractivity contribution in [2.24, 2.45) is 5.92 Å². The predicted molar refractivity (Wildman–Crippen MR) is 102 cm³/mol. The Morgan fingerprint density at radius 2 is 1.48 bits per heavy atom. The normalized spacial score (nSPS) is 14.4. The van der Waals surface area contributed by atoms with Gasteiger partial charge in [0.1, 0.15) is 5.82 Å². The molecule has 0 unspecified atom stereocenters. The third kappa shape index (κ3) is 5.04. The van der Waals surface area contributed by atoms with Crippen LogP contribution in [0.5, 0.6) is 0 Å². The Hall–Kier alpha value is -2.93. The second-order valence-electron chi connectivity index (χ2n) is 6.42. The van der Waals surface area contributed by atoms with Crippen LogP contribution in [0.1, 0.15) is 12.8 Å². The van der Waals surface area contributed by atoms with Crippen LogP contribution in [0.15, 0.2) is 48.5 Å². The molecule has 142 valence electrons. The highest BCUT2D eigenvalue weighted by Crippen LogP contribution is 2.23. The summed E-state index contributed by atoms with van der Waals surface area (Å²) >= 11 is 0. The smallest absolute Gasteiger partial charge is 0.323 e. The number of ether oxygens (including phenoxy) is 1. The molecule has 0 bridgehead atoms. The van der Waals surface area contributed by atoms with Crippen LogP contribution in [0.3, 0.4) is 0 Å². The average Bonchev–Trinajstić information content (AvgIpc) is 2.70. The van der Waals surface area contributed by atoms with E-state index >= 15 is 0 Å². The van der Waals surface area contributed by atoms with Crippen molar-refractivity contribution in [3.63, 3.8) is 0 Å². The van der Waals surface area contributed by atoms with E-state index in [9.17, 15) is 14.0 Å². The lowest BCUT2D eigenvalue weighted by Crippen LogP contribution is -2.35. The van der Waals surface area contributed by atoms with Gasteiger partial charge in [-0.1, -0.05) is 0 Å². The number of carbonyl (C=O) groups is 2. The highest BCUT2D eigenvalue weighted by molar-refractivity contribution is 6.00. The second kappa shape index (κ2) is 8.64. The van der Waals surface area contributed by atoms with Gasteiger partial charge in [0.25, 0.3) is 0 Å². The van der Waals surface area contributed by atoms with Gasteiger partial charge in [0.05, 0.1) is 0 Å². The molecule has 0 aliphatic carbocycles. The predicted octanol–water partition coefficient (Wildman–Crippen LogP) is 3.86. The lowest BCUT2D eigenvalue weighted by Gasteiger charge is -2.26. The van der Waals surface area contributed by atoms with Crippen molar-refractivity contribution in [1.82, 2.24) is 0 Å². The standard InChI is InChI=1S/C20H22FN3O3/c1-24(19(25)14-10-12-27-13-11-14)18-8-6-17(7-9-18)23-20(26)22-16-4-2-15(21)3-5-16/h2-9,14H,10-13H2,1H3,(H2,22,23,26). The van der Waals surface area contributed by atoms with E-state index in [1.54, 1.807) is 36.2 Å². The number of urea groups is 1. The van der Waals surface area contributed by atoms with Crippen molar-refractivity contribution < 1.29 is 18.7 Å². The van der Waals surface area contributed by atoms with Crippen LogP contribution >= 0.6 is 0 Å². The van der Waals surface area contributed by atoms with Gasteiger partial charge in [-0.2, -0.15) is 0 Å². The number of nitrogens with one attached hydrogen (secondary N) is 2. The molecule has 2 aromatic carbocycles. The molecule has 1 saturated heterocycles. The Morgan fingerprint density at radius 1 is 0.963 bits per heavy atom. The SMILES string of the molecule is CN(C(=O)C1CCOCC1)c1ccc(NC(=O)Nc2ccc(F)cc2)cc1. The number of benzene rings is 2.